The summed E-state index contributed by atoms with van der Waals surface area (Å²) in [6.07, 6.45) is 4.37. The summed E-state index contributed by atoms with van der Waals surface area (Å²) < 4.78 is 5.56. The van der Waals surface area contributed by atoms with Gasteiger partial charge in [0.25, 0.3) is 11.6 Å². The van der Waals surface area contributed by atoms with Gasteiger partial charge in [-0.1, -0.05) is 12.1 Å². The van der Waals surface area contributed by atoms with Crippen molar-refractivity contribution in [3.05, 3.63) is 82.4 Å². The molecule has 25 heavy (non-hydrogen) atoms. The number of nitrogens with zero attached hydrogens (tertiary/aromatic N) is 3. The molecule has 0 saturated carbocycles. The summed E-state index contributed by atoms with van der Waals surface area (Å²) in [5.41, 5.74) is 3.37. The monoisotopic (exact) mass is 336 g/mol. The third-order valence-electron chi connectivity index (χ3n) is 3.27. The van der Waals surface area contributed by atoms with Crippen molar-refractivity contribution in [3.8, 4) is 11.3 Å². The molecule has 2 heterocycles. The molecule has 8 nitrogen and oxygen atoms in total. The Morgan fingerprint density at radius 1 is 1.20 bits per heavy atom. The minimum Gasteiger partial charge on any atom is -0.455 e. The Balaban J connectivity index is 1.68. The van der Waals surface area contributed by atoms with Gasteiger partial charge in [-0.3, -0.25) is 19.9 Å². The fourth-order valence-corrected chi connectivity index (χ4v) is 2.07. The Hall–Kier alpha value is -3.81. The van der Waals surface area contributed by atoms with E-state index in [0.29, 0.717) is 22.6 Å². The van der Waals surface area contributed by atoms with Gasteiger partial charge in [-0.25, -0.2) is 5.43 Å². The summed E-state index contributed by atoms with van der Waals surface area (Å²) in [5, 5.41) is 14.6. The predicted octanol–water partition coefficient (Wildman–Crippen LogP) is 3.01. The molecule has 0 radical (unpaired) electrons. The standard InChI is InChI=1S/C17H12N4O4/c22-17(12-6-8-18-9-7-12)20-19-11-15-4-5-16(25-15)13-2-1-3-14(10-13)21(23)24/h1-11H,(H,20,22)/b19-11-. The van der Waals surface area contributed by atoms with Crippen LogP contribution in [0.2, 0.25) is 0 Å². The molecule has 0 aliphatic carbocycles. The van der Waals surface area contributed by atoms with Crippen LogP contribution in [-0.4, -0.2) is 22.0 Å². The molecule has 1 N–H and O–H groups in total. The van der Waals surface area contributed by atoms with E-state index in [4.69, 9.17) is 4.42 Å². The van der Waals surface area contributed by atoms with Crippen molar-refractivity contribution in [2.45, 2.75) is 0 Å². The first kappa shape index (κ1) is 16.1. The molecular formula is C17H12N4O4. The van der Waals surface area contributed by atoms with Crippen molar-refractivity contribution in [1.29, 1.82) is 0 Å². The number of carbonyl (C=O) groups excluding carboxylic acids is 1. The number of furan rings is 1. The van der Waals surface area contributed by atoms with Crippen LogP contribution < -0.4 is 5.43 Å². The number of benzene rings is 1. The number of carbonyl (C=O) groups is 1. The number of hydrogen-bond acceptors (Lipinski definition) is 6. The number of hydrazone groups is 1. The second-order valence-electron chi connectivity index (χ2n) is 4.94. The zero-order valence-corrected chi connectivity index (χ0v) is 12.8. The fourth-order valence-electron chi connectivity index (χ4n) is 2.07. The maximum atomic E-state index is 11.8. The Morgan fingerprint density at radius 3 is 2.76 bits per heavy atom. The van der Waals surface area contributed by atoms with Crippen LogP contribution >= 0.6 is 0 Å². The van der Waals surface area contributed by atoms with Crippen LogP contribution in [0.3, 0.4) is 0 Å². The highest BCUT2D eigenvalue weighted by Crippen LogP contribution is 2.25. The molecule has 0 aliphatic rings. The lowest BCUT2D eigenvalue weighted by molar-refractivity contribution is -0.384. The van der Waals surface area contributed by atoms with Crippen LogP contribution in [0.1, 0.15) is 16.1 Å². The summed E-state index contributed by atoms with van der Waals surface area (Å²) in [6, 6.07) is 12.6. The molecule has 1 aromatic carbocycles. The van der Waals surface area contributed by atoms with Crippen LogP contribution in [-0.2, 0) is 0 Å². The Kier molecular flexibility index (Phi) is 4.61. The van der Waals surface area contributed by atoms with Gasteiger partial charge in [0.05, 0.1) is 11.1 Å². The molecule has 0 aliphatic heterocycles. The Labute approximate surface area is 142 Å². The number of rotatable bonds is 5. The Morgan fingerprint density at radius 2 is 2.00 bits per heavy atom. The van der Waals surface area contributed by atoms with Gasteiger partial charge in [-0.15, -0.1) is 0 Å². The van der Waals surface area contributed by atoms with Crippen molar-refractivity contribution in [1.82, 2.24) is 10.4 Å². The van der Waals surface area contributed by atoms with Crippen LogP contribution in [0.15, 0.2) is 70.4 Å². The van der Waals surface area contributed by atoms with E-state index >= 15 is 0 Å². The normalized spacial score (nSPS) is 10.7. The summed E-state index contributed by atoms with van der Waals surface area (Å²) in [5.74, 6) is 0.492. The fraction of sp³-hybridized carbons (Fsp3) is 0. The molecule has 0 saturated heterocycles. The number of pyridine rings is 1. The minimum absolute atomic E-state index is 0.0197. The molecule has 8 heteroatoms. The average Bonchev–Trinajstić information content (AvgIpc) is 3.11. The summed E-state index contributed by atoms with van der Waals surface area (Å²) in [6.45, 7) is 0. The van der Waals surface area contributed by atoms with Crippen LogP contribution in [0.5, 0.6) is 0 Å². The highest BCUT2D eigenvalue weighted by molar-refractivity contribution is 5.94. The van der Waals surface area contributed by atoms with E-state index in [1.165, 1.54) is 30.7 Å². The first-order valence-corrected chi connectivity index (χ1v) is 7.21. The van der Waals surface area contributed by atoms with Gasteiger partial charge < -0.3 is 4.42 Å². The van der Waals surface area contributed by atoms with Gasteiger partial charge in [0.15, 0.2) is 0 Å². The topological polar surface area (TPSA) is 111 Å². The van der Waals surface area contributed by atoms with Gasteiger partial charge in [-0.2, -0.15) is 5.10 Å². The van der Waals surface area contributed by atoms with E-state index in [9.17, 15) is 14.9 Å². The van der Waals surface area contributed by atoms with E-state index in [1.54, 1.807) is 36.4 Å². The molecule has 0 bridgehead atoms. The molecule has 3 rings (SSSR count). The van der Waals surface area contributed by atoms with Gasteiger partial charge in [-0.05, 0) is 24.3 Å². The van der Waals surface area contributed by atoms with Gasteiger partial charge >= 0.3 is 0 Å². The lowest BCUT2D eigenvalue weighted by Gasteiger charge is -1.98. The predicted molar refractivity (Wildman–Crippen MR) is 90.1 cm³/mol. The first-order valence-electron chi connectivity index (χ1n) is 7.21. The number of nitrogens with one attached hydrogen (secondary N) is 1. The molecule has 3 aromatic rings. The highest BCUT2D eigenvalue weighted by atomic mass is 16.6. The molecule has 0 atom stereocenters. The van der Waals surface area contributed by atoms with Crippen LogP contribution in [0.4, 0.5) is 5.69 Å². The van der Waals surface area contributed by atoms with Crippen molar-refractivity contribution < 1.29 is 14.1 Å². The van der Waals surface area contributed by atoms with Gasteiger partial charge in [0.1, 0.15) is 11.5 Å². The van der Waals surface area contributed by atoms with E-state index in [1.807, 2.05) is 0 Å². The number of hydrogen-bond donors (Lipinski definition) is 1. The number of nitro benzene ring substituents is 1. The lowest BCUT2D eigenvalue weighted by Crippen LogP contribution is -2.17. The summed E-state index contributed by atoms with van der Waals surface area (Å²) in [4.78, 5) is 26.0. The number of non-ortho nitro benzene ring substituents is 1. The minimum atomic E-state index is -0.469. The molecule has 0 fully saturated rings. The molecule has 0 unspecified atom stereocenters. The quantitative estimate of drug-likeness (QED) is 0.437. The van der Waals surface area contributed by atoms with E-state index in [-0.39, 0.29) is 11.6 Å². The van der Waals surface area contributed by atoms with Crippen LogP contribution in [0, 0.1) is 10.1 Å². The van der Waals surface area contributed by atoms with Crippen molar-refractivity contribution in [3.63, 3.8) is 0 Å². The zero-order valence-electron chi connectivity index (χ0n) is 12.8. The molecular weight excluding hydrogens is 324 g/mol. The number of aromatic nitrogens is 1. The highest BCUT2D eigenvalue weighted by Gasteiger charge is 2.10. The second-order valence-corrected chi connectivity index (χ2v) is 4.94. The van der Waals surface area contributed by atoms with Crippen molar-refractivity contribution in [2.75, 3.05) is 0 Å². The lowest BCUT2D eigenvalue weighted by atomic mass is 10.1. The first-order chi connectivity index (χ1) is 12.1. The molecule has 124 valence electrons. The van der Waals surface area contributed by atoms with Crippen molar-refractivity contribution >= 4 is 17.8 Å². The number of nitro groups is 1. The molecule has 2 aromatic heterocycles. The Bertz CT molecular complexity index is 935. The SMILES string of the molecule is O=C(N/N=C\c1ccc(-c2cccc([N+](=O)[O-])c2)o1)c1ccncc1. The maximum Gasteiger partial charge on any atom is 0.271 e. The average molecular weight is 336 g/mol. The second kappa shape index (κ2) is 7.18. The third kappa shape index (κ3) is 3.94. The maximum absolute atomic E-state index is 11.8. The molecule has 0 spiro atoms. The van der Waals surface area contributed by atoms with Gasteiger partial charge in [0, 0.05) is 35.7 Å². The summed E-state index contributed by atoms with van der Waals surface area (Å²) in [7, 11) is 0. The van der Waals surface area contributed by atoms with Gasteiger partial charge in [0.2, 0.25) is 0 Å². The van der Waals surface area contributed by atoms with E-state index in [0.717, 1.165) is 0 Å². The van der Waals surface area contributed by atoms with E-state index in [2.05, 4.69) is 15.5 Å². The summed E-state index contributed by atoms with van der Waals surface area (Å²) >= 11 is 0. The zero-order chi connectivity index (χ0) is 17.6. The smallest absolute Gasteiger partial charge is 0.271 e. The van der Waals surface area contributed by atoms with Crippen molar-refractivity contribution in [2.24, 2.45) is 5.10 Å². The third-order valence-corrected chi connectivity index (χ3v) is 3.27. The number of amides is 1. The largest absolute Gasteiger partial charge is 0.455 e. The molecule has 1 amide bonds. The van der Waals surface area contributed by atoms with E-state index < -0.39 is 4.92 Å². The van der Waals surface area contributed by atoms with Crippen LogP contribution in [0.25, 0.3) is 11.3 Å².